The number of carbonyl (C=O) groups excluding carboxylic acids is 1. The van der Waals surface area contributed by atoms with Crippen LogP contribution in [-0.4, -0.2) is 16.2 Å². The molecule has 31 heavy (non-hydrogen) atoms. The monoisotopic (exact) mass is 409 g/mol. The topological polar surface area (TPSA) is 55.6 Å². The SMILES string of the molecule is C/C(=N\NC(=O)c1ccccc1-n1cccc1)c1ccc(OCc2ccccc2)cc1. The van der Waals surface area contributed by atoms with Crippen LogP contribution in [0, 0.1) is 0 Å². The molecule has 0 unspecified atom stereocenters. The third-order valence-electron chi connectivity index (χ3n) is 4.88. The summed E-state index contributed by atoms with van der Waals surface area (Å²) in [6, 6.07) is 29.0. The quantitative estimate of drug-likeness (QED) is 0.336. The van der Waals surface area contributed by atoms with Gasteiger partial charge in [-0.3, -0.25) is 4.79 Å². The Morgan fingerprint density at radius 1 is 0.871 bits per heavy atom. The van der Waals surface area contributed by atoms with Crippen molar-refractivity contribution in [2.75, 3.05) is 0 Å². The Morgan fingerprint density at radius 3 is 2.29 bits per heavy atom. The molecule has 0 aliphatic heterocycles. The molecule has 0 aliphatic rings. The van der Waals surface area contributed by atoms with E-state index in [0.717, 1.165) is 22.6 Å². The third kappa shape index (κ3) is 5.08. The zero-order valence-electron chi connectivity index (χ0n) is 17.2. The molecule has 5 heteroatoms. The third-order valence-corrected chi connectivity index (χ3v) is 4.88. The Bertz CT molecular complexity index is 1170. The Kier molecular flexibility index (Phi) is 6.24. The molecule has 5 nitrogen and oxygen atoms in total. The molecule has 0 fully saturated rings. The lowest BCUT2D eigenvalue weighted by Gasteiger charge is -2.10. The van der Waals surface area contributed by atoms with E-state index in [2.05, 4.69) is 10.5 Å². The second-order valence-electron chi connectivity index (χ2n) is 7.04. The van der Waals surface area contributed by atoms with Gasteiger partial charge in [-0.1, -0.05) is 42.5 Å². The normalized spacial score (nSPS) is 11.2. The summed E-state index contributed by atoms with van der Waals surface area (Å²) in [5.41, 5.74) is 6.76. The standard InChI is InChI=1S/C26H23N3O2/c1-20(22-13-15-23(16-14-22)31-19-21-9-3-2-4-10-21)27-28-26(30)24-11-5-6-12-25(24)29-17-7-8-18-29/h2-18H,19H2,1H3,(H,28,30)/b27-20+. The van der Waals surface area contributed by atoms with Crippen molar-refractivity contribution in [2.45, 2.75) is 13.5 Å². The Labute approximate surface area is 181 Å². The van der Waals surface area contributed by atoms with Crippen molar-refractivity contribution >= 4 is 11.6 Å². The van der Waals surface area contributed by atoms with Gasteiger partial charge < -0.3 is 9.30 Å². The second kappa shape index (κ2) is 9.59. The number of rotatable bonds is 7. The Balaban J connectivity index is 1.40. The number of hydrogen-bond donors (Lipinski definition) is 1. The van der Waals surface area contributed by atoms with E-state index in [1.165, 1.54) is 0 Å². The van der Waals surface area contributed by atoms with E-state index in [1.54, 1.807) is 6.07 Å². The lowest BCUT2D eigenvalue weighted by Crippen LogP contribution is -2.21. The van der Waals surface area contributed by atoms with Crippen molar-refractivity contribution in [2.24, 2.45) is 5.10 Å². The van der Waals surface area contributed by atoms with E-state index < -0.39 is 0 Å². The summed E-state index contributed by atoms with van der Waals surface area (Å²) in [6.07, 6.45) is 3.81. The molecule has 1 N–H and O–H groups in total. The summed E-state index contributed by atoms with van der Waals surface area (Å²) in [5, 5.41) is 4.28. The molecule has 154 valence electrons. The van der Waals surface area contributed by atoms with Crippen LogP contribution in [0.25, 0.3) is 5.69 Å². The van der Waals surface area contributed by atoms with Gasteiger partial charge in [-0.2, -0.15) is 5.10 Å². The average Bonchev–Trinajstić information content (AvgIpc) is 3.37. The van der Waals surface area contributed by atoms with Crippen molar-refractivity contribution in [3.8, 4) is 11.4 Å². The lowest BCUT2D eigenvalue weighted by atomic mass is 10.1. The number of aromatic nitrogens is 1. The first kappa shape index (κ1) is 20.2. The van der Waals surface area contributed by atoms with Crippen LogP contribution in [0.15, 0.2) is 108 Å². The minimum absolute atomic E-state index is 0.258. The number of ether oxygens (including phenoxy) is 1. The molecule has 0 saturated heterocycles. The molecule has 4 rings (SSSR count). The highest BCUT2D eigenvalue weighted by Gasteiger charge is 2.11. The number of amides is 1. The molecule has 1 amide bonds. The number of nitrogens with zero attached hydrogens (tertiary/aromatic N) is 2. The predicted molar refractivity (Wildman–Crippen MR) is 123 cm³/mol. The molecule has 0 bridgehead atoms. The Hall–Kier alpha value is -4.12. The summed E-state index contributed by atoms with van der Waals surface area (Å²) in [7, 11) is 0. The predicted octanol–water partition coefficient (Wildman–Crippen LogP) is 5.21. The summed E-state index contributed by atoms with van der Waals surface area (Å²) in [6.45, 7) is 2.38. The van der Waals surface area contributed by atoms with Crippen molar-refractivity contribution < 1.29 is 9.53 Å². The van der Waals surface area contributed by atoms with Crippen molar-refractivity contribution in [1.82, 2.24) is 9.99 Å². The molecular weight excluding hydrogens is 386 g/mol. The summed E-state index contributed by atoms with van der Waals surface area (Å²) in [5.74, 6) is 0.525. The minimum Gasteiger partial charge on any atom is -0.489 e. The summed E-state index contributed by atoms with van der Waals surface area (Å²) >= 11 is 0. The second-order valence-corrected chi connectivity index (χ2v) is 7.04. The molecule has 0 atom stereocenters. The van der Waals surface area contributed by atoms with Gasteiger partial charge in [-0.25, -0.2) is 5.43 Å². The van der Waals surface area contributed by atoms with Crippen LogP contribution in [0.5, 0.6) is 5.75 Å². The fraction of sp³-hybridized carbons (Fsp3) is 0.0769. The fourth-order valence-electron chi connectivity index (χ4n) is 3.18. The summed E-state index contributed by atoms with van der Waals surface area (Å²) < 4.78 is 7.72. The first-order valence-corrected chi connectivity index (χ1v) is 10.0. The average molecular weight is 409 g/mol. The van der Waals surface area contributed by atoms with Crippen molar-refractivity contribution in [3.05, 3.63) is 120 Å². The first-order chi connectivity index (χ1) is 15.2. The van der Waals surface area contributed by atoms with Gasteiger partial charge in [0.15, 0.2) is 0 Å². The van der Waals surface area contributed by atoms with E-state index >= 15 is 0 Å². The minimum atomic E-state index is -0.258. The zero-order chi connectivity index (χ0) is 21.5. The highest BCUT2D eigenvalue weighted by atomic mass is 16.5. The molecule has 0 radical (unpaired) electrons. The van der Waals surface area contributed by atoms with Gasteiger partial charge in [0.25, 0.3) is 5.91 Å². The van der Waals surface area contributed by atoms with Crippen LogP contribution in [0.2, 0.25) is 0 Å². The maximum atomic E-state index is 12.7. The van der Waals surface area contributed by atoms with Crippen LogP contribution in [0.4, 0.5) is 0 Å². The molecule has 0 spiro atoms. The van der Waals surface area contributed by atoms with Gasteiger partial charge in [0, 0.05) is 12.4 Å². The largest absolute Gasteiger partial charge is 0.489 e. The first-order valence-electron chi connectivity index (χ1n) is 10.0. The van der Waals surface area contributed by atoms with Crippen LogP contribution >= 0.6 is 0 Å². The highest BCUT2D eigenvalue weighted by Crippen LogP contribution is 2.16. The number of carbonyl (C=O) groups is 1. The zero-order valence-corrected chi connectivity index (χ0v) is 17.2. The van der Waals surface area contributed by atoms with Crippen molar-refractivity contribution in [1.29, 1.82) is 0 Å². The van der Waals surface area contributed by atoms with E-state index in [9.17, 15) is 4.79 Å². The fourth-order valence-corrected chi connectivity index (χ4v) is 3.18. The van der Waals surface area contributed by atoms with E-state index in [1.807, 2.05) is 109 Å². The molecule has 1 heterocycles. The Morgan fingerprint density at radius 2 is 1.55 bits per heavy atom. The molecular formula is C26H23N3O2. The van der Waals surface area contributed by atoms with Crippen LogP contribution < -0.4 is 10.2 Å². The van der Waals surface area contributed by atoms with E-state index in [-0.39, 0.29) is 5.91 Å². The smallest absolute Gasteiger partial charge is 0.273 e. The molecule has 3 aromatic carbocycles. The number of hydrazone groups is 1. The van der Waals surface area contributed by atoms with Gasteiger partial charge in [-0.05, 0) is 66.6 Å². The van der Waals surface area contributed by atoms with Gasteiger partial charge in [0.05, 0.1) is 17.0 Å². The molecule has 1 aromatic heterocycles. The van der Waals surface area contributed by atoms with Gasteiger partial charge in [0.1, 0.15) is 12.4 Å². The van der Waals surface area contributed by atoms with Crippen molar-refractivity contribution in [3.63, 3.8) is 0 Å². The van der Waals surface area contributed by atoms with E-state index in [0.29, 0.717) is 17.9 Å². The molecule has 0 saturated carbocycles. The van der Waals surface area contributed by atoms with Gasteiger partial charge in [-0.15, -0.1) is 0 Å². The lowest BCUT2D eigenvalue weighted by molar-refractivity contribution is 0.0955. The van der Waals surface area contributed by atoms with E-state index in [4.69, 9.17) is 4.74 Å². The van der Waals surface area contributed by atoms with Gasteiger partial charge in [0.2, 0.25) is 0 Å². The maximum absolute atomic E-state index is 12.7. The van der Waals surface area contributed by atoms with Crippen LogP contribution in [-0.2, 0) is 6.61 Å². The number of benzene rings is 3. The molecule has 0 aliphatic carbocycles. The summed E-state index contributed by atoms with van der Waals surface area (Å²) in [4.78, 5) is 12.7. The van der Waals surface area contributed by atoms with Crippen LogP contribution in [0.3, 0.4) is 0 Å². The highest BCUT2D eigenvalue weighted by molar-refractivity contribution is 6.02. The number of nitrogens with one attached hydrogen (secondary N) is 1. The molecule has 4 aromatic rings. The maximum Gasteiger partial charge on any atom is 0.273 e. The number of hydrogen-bond acceptors (Lipinski definition) is 3. The number of para-hydroxylation sites is 1. The van der Waals surface area contributed by atoms with Gasteiger partial charge >= 0.3 is 0 Å². The van der Waals surface area contributed by atoms with Crippen LogP contribution in [0.1, 0.15) is 28.4 Å².